The summed E-state index contributed by atoms with van der Waals surface area (Å²) in [5.41, 5.74) is 1.59. The van der Waals surface area contributed by atoms with Crippen LogP contribution in [-0.4, -0.2) is 12.0 Å². The standard InChI is InChI=1S/C16H11NO2/c18-16-12-7-3-2-6-11(12)15(19-16)14-9-10-5-1-4-8-13(10)17-14/h1-9,14-15H. The van der Waals surface area contributed by atoms with Gasteiger partial charge in [-0.15, -0.1) is 0 Å². The molecule has 0 aromatic heterocycles. The number of para-hydroxylation sites is 1. The van der Waals surface area contributed by atoms with Crippen molar-refractivity contribution in [3.8, 4) is 0 Å². The number of esters is 1. The molecule has 0 spiro atoms. The first-order valence-corrected chi connectivity index (χ1v) is 6.27. The number of nitrogens with zero attached hydrogens (tertiary/aromatic N) is 1. The van der Waals surface area contributed by atoms with Crippen molar-refractivity contribution in [3.05, 3.63) is 70.2 Å². The number of hydrogen-bond donors (Lipinski definition) is 0. The zero-order valence-corrected chi connectivity index (χ0v) is 10.1. The SMILES string of the molecule is O=C1OC(C2C=c3ccccc3=N2)c2ccccc21. The first-order chi connectivity index (χ1) is 9.33. The number of fused-ring (bicyclic) bond motifs is 2. The van der Waals surface area contributed by atoms with Crippen molar-refractivity contribution < 1.29 is 9.53 Å². The predicted molar refractivity (Wildman–Crippen MR) is 70.1 cm³/mol. The molecule has 0 N–H and O–H groups in total. The van der Waals surface area contributed by atoms with E-state index in [0.717, 1.165) is 16.1 Å². The summed E-state index contributed by atoms with van der Waals surface area (Å²) in [6, 6.07) is 15.4. The third-order valence-corrected chi connectivity index (χ3v) is 3.61. The first-order valence-electron chi connectivity index (χ1n) is 6.27. The summed E-state index contributed by atoms with van der Waals surface area (Å²) in [5.74, 6) is -0.250. The lowest BCUT2D eigenvalue weighted by Crippen LogP contribution is -2.19. The van der Waals surface area contributed by atoms with E-state index in [2.05, 4.69) is 11.1 Å². The van der Waals surface area contributed by atoms with Crippen LogP contribution in [0, 0.1) is 0 Å². The fraction of sp³-hybridized carbons (Fsp3) is 0.125. The molecule has 0 saturated heterocycles. The van der Waals surface area contributed by atoms with Crippen molar-refractivity contribution in [2.24, 2.45) is 4.99 Å². The predicted octanol–water partition coefficient (Wildman–Crippen LogP) is 1.38. The molecule has 0 radical (unpaired) electrons. The third-order valence-electron chi connectivity index (χ3n) is 3.61. The Morgan fingerprint density at radius 3 is 2.68 bits per heavy atom. The maximum atomic E-state index is 11.8. The van der Waals surface area contributed by atoms with Crippen LogP contribution in [0.2, 0.25) is 0 Å². The van der Waals surface area contributed by atoms with Gasteiger partial charge in [0.15, 0.2) is 6.10 Å². The molecule has 0 amide bonds. The normalized spacial score (nSPS) is 23.1. The zero-order chi connectivity index (χ0) is 12.8. The minimum absolute atomic E-state index is 0.120. The van der Waals surface area contributed by atoms with E-state index in [1.54, 1.807) is 6.07 Å². The summed E-state index contributed by atoms with van der Waals surface area (Å²) in [6.07, 6.45) is 1.77. The molecule has 2 aliphatic heterocycles. The van der Waals surface area contributed by atoms with E-state index in [9.17, 15) is 4.79 Å². The summed E-state index contributed by atoms with van der Waals surface area (Å²) < 4.78 is 5.48. The minimum atomic E-state index is -0.295. The zero-order valence-electron chi connectivity index (χ0n) is 10.1. The molecule has 2 aromatic rings. The number of carbonyl (C=O) groups is 1. The molecular formula is C16H11NO2. The second-order valence-electron chi connectivity index (χ2n) is 4.76. The molecule has 0 aliphatic carbocycles. The molecule has 0 fully saturated rings. The summed E-state index contributed by atoms with van der Waals surface area (Å²) in [4.78, 5) is 16.5. The number of ether oxygens (including phenoxy) is 1. The lowest BCUT2D eigenvalue weighted by atomic mass is 10.0. The topological polar surface area (TPSA) is 38.7 Å². The number of carbonyl (C=O) groups excluding carboxylic acids is 1. The van der Waals surface area contributed by atoms with E-state index in [1.165, 1.54) is 0 Å². The average molecular weight is 249 g/mol. The Balaban J connectivity index is 1.81. The molecule has 3 heteroatoms. The van der Waals surface area contributed by atoms with Crippen LogP contribution in [0.15, 0.2) is 53.5 Å². The summed E-state index contributed by atoms with van der Waals surface area (Å²) in [7, 11) is 0. The second kappa shape index (κ2) is 3.79. The van der Waals surface area contributed by atoms with E-state index < -0.39 is 0 Å². The molecule has 3 nitrogen and oxygen atoms in total. The molecule has 0 saturated carbocycles. The van der Waals surface area contributed by atoms with E-state index >= 15 is 0 Å². The maximum absolute atomic E-state index is 11.8. The van der Waals surface area contributed by atoms with E-state index in [-0.39, 0.29) is 18.1 Å². The fourth-order valence-corrected chi connectivity index (χ4v) is 2.71. The van der Waals surface area contributed by atoms with Gasteiger partial charge in [-0.2, -0.15) is 0 Å². The molecule has 2 atom stereocenters. The molecule has 2 heterocycles. The molecule has 19 heavy (non-hydrogen) atoms. The Labute approximate surface area is 109 Å². The van der Waals surface area contributed by atoms with Gasteiger partial charge in [0.05, 0.1) is 10.9 Å². The first kappa shape index (κ1) is 10.5. The Hall–Kier alpha value is -2.42. The van der Waals surface area contributed by atoms with Crippen molar-refractivity contribution in [3.63, 3.8) is 0 Å². The van der Waals surface area contributed by atoms with Gasteiger partial charge >= 0.3 is 5.97 Å². The van der Waals surface area contributed by atoms with Gasteiger partial charge < -0.3 is 4.74 Å². The highest BCUT2D eigenvalue weighted by Crippen LogP contribution is 2.34. The summed E-state index contributed by atoms with van der Waals surface area (Å²) in [6.45, 7) is 0. The molecule has 2 aromatic carbocycles. The second-order valence-corrected chi connectivity index (χ2v) is 4.76. The van der Waals surface area contributed by atoms with Gasteiger partial charge in [0.2, 0.25) is 0 Å². The van der Waals surface area contributed by atoms with Crippen molar-refractivity contribution in [2.75, 3.05) is 0 Å². The lowest BCUT2D eigenvalue weighted by Gasteiger charge is -2.14. The smallest absolute Gasteiger partial charge is 0.339 e. The molecule has 0 bridgehead atoms. The highest BCUT2D eigenvalue weighted by Gasteiger charge is 2.36. The quantitative estimate of drug-likeness (QED) is 0.716. The Morgan fingerprint density at radius 1 is 1.00 bits per heavy atom. The van der Waals surface area contributed by atoms with Gasteiger partial charge in [0.1, 0.15) is 6.04 Å². The Bertz CT molecular complexity index is 759. The monoisotopic (exact) mass is 249 g/mol. The summed E-state index contributed by atoms with van der Waals surface area (Å²) >= 11 is 0. The number of rotatable bonds is 1. The van der Waals surface area contributed by atoms with Crippen LogP contribution in [0.4, 0.5) is 0 Å². The van der Waals surface area contributed by atoms with Gasteiger partial charge in [0.25, 0.3) is 0 Å². The molecule has 2 unspecified atom stereocenters. The van der Waals surface area contributed by atoms with E-state index in [0.29, 0.717) is 5.56 Å². The molecule has 2 aliphatic rings. The number of hydrogen-bond acceptors (Lipinski definition) is 3. The Morgan fingerprint density at radius 2 is 1.79 bits per heavy atom. The van der Waals surface area contributed by atoms with Crippen LogP contribution >= 0.6 is 0 Å². The number of benzene rings is 2. The van der Waals surface area contributed by atoms with Crippen molar-refractivity contribution in [1.82, 2.24) is 0 Å². The third kappa shape index (κ3) is 1.51. The maximum Gasteiger partial charge on any atom is 0.339 e. The van der Waals surface area contributed by atoms with Crippen LogP contribution in [0.5, 0.6) is 0 Å². The van der Waals surface area contributed by atoms with Crippen LogP contribution in [0.1, 0.15) is 22.0 Å². The van der Waals surface area contributed by atoms with Crippen molar-refractivity contribution >= 4 is 12.0 Å². The average Bonchev–Trinajstić information content (AvgIpc) is 3.01. The highest BCUT2D eigenvalue weighted by atomic mass is 16.5. The van der Waals surface area contributed by atoms with Gasteiger partial charge in [-0.05, 0) is 23.4 Å². The van der Waals surface area contributed by atoms with Gasteiger partial charge in [0, 0.05) is 5.56 Å². The fourth-order valence-electron chi connectivity index (χ4n) is 2.71. The molecule has 4 rings (SSSR count). The van der Waals surface area contributed by atoms with E-state index in [1.807, 2.05) is 42.5 Å². The van der Waals surface area contributed by atoms with Crippen LogP contribution in [0.25, 0.3) is 6.08 Å². The molecule has 92 valence electrons. The minimum Gasteiger partial charge on any atom is -0.451 e. The largest absolute Gasteiger partial charge is 0.451 e. The summed E-state index contributed by atoms with van der Waals surface area (Å²) in [5, 5.41) is 2.07. The lowest BCUT2D eigenvalue weighted by molar-refractivity contribution is 0.0370. The van der Waals surface area contributed by atoms with Gasteiger partial charge in [-0.25, -0.2) is 4.79 Å². The van der Waals surface area contributed by atoms with Crippen LogP contribution in [0.3, 0.4) is 0 Å². The van der Waals surface area contributed by atoms with Crippen molar-refractivity contribution in [1.29, 1.82) is 0 Å². The Kier molecular flexibility index (Phi) is 2.09. The molecular weight excluding hydrogens is 238 g/mol. The number of cyclic esters (lactones) is 1. The van der Waals surface area contributed by atoms with Gasteiger partial charge in [-0.1, -0.05) is 36.4 Å². The highest BCUT2D eigenvalue weighted by molar-refractivity contribution is 5.94. The van der Waals surface area contributed by atoms with E-state index in [4.69, 9.17) is 4.74 Å². The van der Waals surface area contributed by atoms with Gasteiger partial charge in [-0.3, -0.25) is 4.99 Å². The van der Waals surface area contributed by atoms with Crippen LogP contribution < -0.4 is 10.6 Å². The van der Waals surface area contributed by atoms with Crippen molar-refractivity contribution in [2.45, 2.75) is 12.1 Å². The van der Waals surface area contributed by atoms with Crippen LogP contribution in [-0.2, 0) is 4.74 Å².